The van der Waals surface area contributed by atoms with E-state index in [0.717, 1.165) is 17.7 Å². The van der Waals surface area contributed by atoms with Gasteiger partial charge in [-0.15, -0.1) is 22.9 Å². The lowest BCUT2D eigenvalue weighted by molar-refractivity contribution is 0.608. The van der Waals surface area contributed by atoms with Crippen molar-refractivity contribution in [3.05, 3.63) is 56.0 Å². The van der Waals surface area contributed by atoms with E-state index in [1.807, 2.05) is 0 Å². The minimum atomic E-state index is -0.274. The molecule has 1 unspecified atom stereocenters. The zero-order chi connectivity index (χ0) is 14.1. The van der Waals surface area contributed by atoms with Crippen LogP contribution in [0.2, 0.25) is 5.02 Å². The zero-order valence-corrected chi connectivity index (χ0v) is 13.3. The van der Waals surface area contributed by atoms with Crippen LogP contribution in [0.4, 0.5) is 4.39 Å². The minimum absolute atomic E-state index is 0.208. The molecule has 1 heterocycles. The molecule has 1 aliphatic carbocycles. The highest BCUT2D eigenvalue weighted by atomic mass is 35.5. The van der Waals surface area contributed by atoms with Gasteiger partial charge in [-0.3, -0.25) is 0 Å². The molecule has 3 rings (SSSR count). The SMILES string of the molecule is Fc1cccc(Cl)c1CC(Cl)c1cc2c(s1)CCCC2. The van der Waals surface area contributed by atoms with E-state index in [-0.39, 0.29) is 11.2 Å². The maximum atomic E-state index is 13.8. The van der Waals surface area contributed by atoms with Gasteiger partial charge in [0.1, 0.15) is 5.82 Å². The molecule has 20 heavy (non-hydrogen) atoms. The first-order chi connectivity index (χ1) is 9.65. The third-order valence-corrected chi connectivity index (χ3v) is 5.99. The fraction of sp³-hybridized carbons (Fsp3) is 0.375. The lowest BCUT2D eigenvalue weighted by Crippen LogP contribution is -1.98. The van der Waals surface area contributed by atoms with Crippen LogP contribution in [0.1, 0.15) is 39.1 Å². The van der Waals surface area contributed by atoms with Gasteiger partial charge in [0, 0.05) is 20.3 Å². The first-order valence-corrected chi connectivity index (χ1v) is 8.46. The van der Waals surface area contributed by atoms with Gasteiger partial charge < -0.3 is 0 Å². The Kier molecular flexibility index (Phi) is 4.34. The highest BCUT2D eigenvalue weighted by Crippen LogP contribution is 2.37. The molecular formula is C16H15Cl2FS. The molecule has 106 valence electrons. The van der Waals surface area contributed by atoms with Gasteiger partial charge in [-0.2, -0.15) is 0 Å². The van der Waals surface area contributed by atoms with Crippen LogP contribution in [0.5, 0.6) is 0 Å². The second-order valence-corrected chi connectivity index (χ2v) is 7.28. The normalized spacial score (nSPS) is 15.9. The average Bonchev–Trinajstić information content (AvgIpc) is 2.87. The monoisotopic (exact) mass is 328 g/mol. The van der Waals surface area contributed by atoms with Gasteiger partial charge >= 0.3 is 0 Å². The number of benzene rings is 1. The van der Waals surface area contributed by atoms with Crippen molar-refractivity contribution in [3.63, 3.8) is 0 Å². The van der Waals surface area contributed by atoms with Crippen molar-refractivity contribution in [2.45, 2.75) is 37.5 Å². The maximum absolute atomic E-state index is 13.8. The molecule has 0 N–H and O–H groups in total. The fourth-order valence-electron chi connectivity index (χ4n) is 2.68. The number of rotatable bonds is 3. The van der Waals surface area contributed by atoms with Crippen LogP contribution in [0, 0.1) is 5.82 Å². The van der Waals surface area contributed by atoms with Gasteiger partial charge in [0.05, 0.1) is 5.38 Å². The average molecular weight is 329 g/mol. The van der Waals surface area contributed by atoms with Crippen molar-refractivity contribution >= 4 is 34.5 Å². The fourth-order valence-corrected chi connectivity index (χ4v) is 4.50. The summed E-state index contributed by atoms with van der Waals surface area (Å²) in [5.41, 5.74) is 1.95. The highest BCUT2D eigenvalue weighted by molar-refractivity contribution is 7.12. The molecule has 1 atom stereocenters. The van der Waals surface area contributed by atoms with Crippen LogP contribution in [0.25, 0.3) is 0 Å². The van der Waals surface area contributed by atoms with E-state index in [2.05, 4.69) is 6.07 Å². The van der Waals surface area contributed by atoms with Gasteiger partial charge in [0.2, 0.25) is 0 Å². The summed E-state index contributed by atoms with van der Waals surface area (Å²) in [4.78, 5) is 2.59. The molecule has 1 aliphatic rings. The second-order valence-electron chi connectivity index (χ2n) is 5.18. The molecule has 0 nitrogen and oxygen atoms in total. The number of alkyl halides is 1. The van der Waals surface area contributed by atoms with Crippen LogP contribution in [0.3, 0.4) is 0 Å². The highest BCUT2D eigenvalue weighted by Gasteiger charge is 2.20. The summed E-state index contributed by atoms with van der Waals surface area (Å²) in [5, 5.41) is 0.247. The number of thiophene rings is 1. The van der Waals surface area contributed by atoms with Crippen molar-refractivity contribution in [2.24, 2.45) is 0 Å². The summed E-state index contributed by atoms with van der Waals surface area (Å²) < 4.78 is 13.8. The van der Waals surface area contributed by atoms with E-state index >= 15 is 0 Å². The Morgan fingerprint density at radius 3 is 2.80 bits per heavy atom. The van der Waals surface area contributed by atoms with Crippen LogP contribution in [-0.4, -0.2) is 0 Å². The number of hydrogen-bond acceptors (Lipinski definition) is 1. The molecule has 0 amide bonds. The van der Waals surface area contributed by atoms with E-state index in [0.29, 0.717) is 17.0 Å². The first-order valence-electron chi connectivity index (χ1n) is 6.83. The predicted molar refractivity (Wildman–Crippen MR) is 84.7 cm³/mol. The third kappa shape index (κ3) is 2.88. The van der Waals surface area contributed by atoms with E-state index in [4.69, 9.17) is 23.2 Å². The van der Waals surface area contributed by atoms with Crippen molar-refractivity contribution < 1.29 is 4.39 Å². The molecule has 1 aromatic carbocycles. The second kappa shape index (κ2) is 6.05. The summed E-state index contributed by atoms with van der Waals surface area (Å²) in [6.07, 6.45) is 5.26. The standard InChI is InChI=1S/C16H15Cl2FS/c17-12-5-3-6-14(19)11(12)9-13(18)16-8-10-4-1-2-7-15(10)20-16/h3,5-6,8,13H,1-2,4,7,9H2. The number of hydrogen-bond donors (Lipinski definition) is 0. The summed E-state index contributed by atoms with van der Waals surface area (Å²) >= 11 is 14.3. The topological polar surface area (TPSA) is 0 Å². The number of halogens is 3. The largest absolute Gasteiger partial charge is 0.207 e. The molecule has 0 saturated carbocycles. The Morgan fingerprint density at radius 2 is 2.05 bits per heavy atom. The van der Waals surface area contributed by atoms with Gasteiger partial charge in [-0.05, 0) is 55.9 Å². The molecule has 2 aromatic rings. The van der Waals surface area contributed by atoms with Gasteiger partial charge in [0.25, 0.3) is 0 Å². The van der Waals surface area contributed by atoms with E-state index < -0.39 is 0 Å². The molecule has 0 fully saturated rings. The van der Waals surface area contributed by atoms with Crippen LogP contribution < -0.4 is 0 Å². The molecule has 4 heteroatoms. The summed E-state index contributed by atoms with van der Waals surface area (Å²) in [5.74, 6) is -0.274. The molecule has 0 spiro atoms. The third-order valence-electron chi connectivity index (χ3n) is 3.77. The lowest BCUT2D eigenvalue weighted by atomic mass is 9.98. The Labute approximate surface area is 132 Å². The lowest BCUT2D eigenvalue weighted by Gasteiger charge is -2.10. The quantitative estimate of drug-likeness (QED) is 0.611. The summed E-state index contributed by atoms with van der Waals surface area (Å²) in [7, 11) is 0. The molecule has 0 aliphatic heterocycles. The van der Waals surface area contributed by atoms with Gasteiger partial charge in [0.15, 0.2) is 0 Å². The molecule has 0 radical (unpaired) electrons. The molecule has 0 saturated heterocycles. The maximum Gasteiger partial charge on any atom is 0.127 e. The summed E-state index contributed by atoms with van der Waals surface area (Å²) in [6, 6.07) is 6.97. The van der Waals surface area contributed by atoms with Crippen LogP contribution >= 0.6 is 34.5 Å². The number of aryl methyl sites for hydroxylation is 2. The Balaban J connectivity index is 1.82. The van der Waals surface area contributed by atoms with Gasteiger partial charge in [-0.25, -0.2) is 4.39 Å². The minimum Gasteiger partial charge on any atom is -0.207 e. The Hall–Kier alpha value is -0.570. The molecule has 1 aromatic heterocycles. The Morgan fingerprint density at radius 1 is 1.25 bits per heavy atom. The van der Waals surface area contributed by atoms with E-state index in [1.54, 1.807) is 23.5 Å². The van der Waals surface area contributed by atoms with E-state index in [1.165, 1.54) is 29.3 Å². The zero-order valence-electron chi connectivity index (χ0n) is 11.0. The number of fused-ring (bicyclic) bond motifs is 1. The summed E-state index contributed by atoms with van der Waals surface area (Å²) in [6.45, 7) is 0. The first kappa shape index (κ1) is 14.4. The Bertz CT molecular complexity index is 577. The van der Waals surface area contributed by atoms with Crippen molar-refractivity contribution in [1.82, 2.24) is 0 Å². The van der Waals surface area contributed by atoms with Crippen molar-refractivity contribution in [1.29, 1.82) is 0 Å². The molecular weight excluding hydrogens is 314 g/mol. The predicted octanol–water partition coefficient (Wildman–Crippen LogP) is 5.94. The van der Waals surface area contributed by atoms with Crippen LogP contribution in [-0.2, 0) is 19.3 Å². The van der Waals surface area contributed by atoms with Gasteiger partial charge in [-0.1, -0.05) is 17.7 Å². The smallest absolute Gasteiger partial charge is 0.127 e. The van der Waals surface area contributed by atoms with Crippen molar-refractivity contribution in [3.8, 4) is 0 Å². The van der Waals surface area contributed by atoms with E-state index in [9.17, 15) is 4.39 Å². The molecule has 0 bridgehead atoms. The van der Waals surface area contributed by atoms with Crippen LogP contribution in [0.15, 0.2) is 24.3 Å². The van der Waals surface area contributed by atoms with Crippen molar-refractivity contribution in [2.75, 3.05) is 0 Å².